The van der Waals surface area contributed by atoms with Crippen LogP contribution in [0.15, 0.2) is 0 Å². The fourth-order valence-electron chi connectivity index (χ4n) is 2.14. The Morgan fingerprint density at radius 3 is 2.36 bits per heavy atom. The first-order chi connectivity index (χ1) is 6.47. The lowest BCUT2D eigenvalue weighted by Crippen LogP contribution is -2.15. The SMILES string of the molecule is CS(=O)(=O)CCCC1(C#N)CCCC1. The zero-order valence-electron chi connectivity index (χ0n) is 8.62. The second kappa shape index (κ2) is 4.31. The Morgan fingerprint density at radius 2 is 1.93 bits per heavy atom. The summed E-state index contributed by atoms with van der Waals surface area (Å²) in [6.45, 7) is 0. The van der Waals surface area contributed by atoms with Crippen LogP contribution in [0.2, 0.25) is 0 Å². The summed E-state index contributed by atoms with van der Waals surface area (Å²) < 4.78 is 21.8. The van der Waals surface area contributed by atoms with Gasteiger partial charge in [0.05, 0.1) is 11.5 Å². The van der Waals surface area contributed by atoms with Crippen molar-refractivity contribution in [2.45, 2.75) is 38.5 Å². The summed E-state index contributed by atoms with van der Waals surface area (Å²) in [6, 6.07) is 2.37. The lowest BCUT2D eigenvalue weighted by atomic mass is 9.83. The van der Waals surface area contributed by atoms with E-state index in [-0.39, 0.29) is 11.2 Å². The molecule has 1 rings (SSSR count). The predicted octanol–water partition coefficient (Wildman–Crippen LogP) is 1.90. The number of nitrogens with zero attached hydrogens (tertiary/aromatic N) is 1. The van der Waals surface area contributed by atoms with Gasteiger partial charge in [0, 0.05) is 12.0 Å². The maximum atomic E-state index is 10.9. The molecule has 0 aliphatic heterocycles. The summed E-state index contributed by atoms with van der Waals surface area (Å²) in [5.41, 5.74) is -0.204. The summed E-state index contributed by atoms with van der Waals surface area (Å²) in [4.78, 5) is 0. The molecule has 14 heavy (non-hydrogen) atoms. The molecule has 0 radical (unpaired) electrons. The van der Waals surface area contributed by atoms with E-state index in [0.717, 1.165) is 32.1 Å². The number of sulfone groups is 1. The molecule has 1 aliphatic carbocycles. The predicted molar refractivity (Wildman–Crippen MR) is 55.5 cm³/mol. The Kier molecular flexibility index (Phi) is 3.54. The van der Waals surface area contributed by atoms with Crippen molar-refractivity contribution < 1.29 is 8.42 Å². The van der Waals surface area contributed by atoms with Gasteiger partial charge >= 0.3 is 0 Å². The monoisotopic (exact) mass is 215 g/mol. The van der Waals surface area contributed by atoms with Gasteiger partial charge < -0.3 is 0 Å². The van der Waals surface area contributed by atoms with Gasteiger partial charge in [0.25, 0.3) is 0 Å². The van der Waals surface area contributed by atoms with Crippen molar-refractivity contribution >= 4 is 9.84 Å². The molecule has 0 N–H and O–H groups in total. The Morgan fingerprint density at radius 1 is 1.36 bits per heavy atom. The molecule has 80 valence electrons. The number of nitriles is 1. The number of rotatable bonds is 4. The molecule has 0 atom stereocenters. The third-order valence-electron chi connectivity index (χ3n) is 2.97. The zero-order chi connectivity index (χ0) is 10.7. The Hall–Kier alpha value is -0.560. The summed E-state index contributed by atoms with van der Waals surface area (Å²) in [5, 5.41) is 9.05. The first kappa shape index (κ1) is 11.5. The molecule has 0 heterocycles. The molecule has 0 bridgehead atoms. The van der Waals surface area contributed by atoms with Crippen LogP contribution in [-0.2, 0) is 9.84 Å². The van der Waals surface area contributed by atoms with Crippen LogP contribution in [0.5, 0.6) is 0 Å². The highest BCUT2D eigenvalue weighted by atomic mass is 32.2. The van der Waals surface area contributed by atoms with E-state index < -0.39 is 9.84 Å². The van der Waals surface area contributed by atoms with Gasteiger partial charge in [-0.05, 0) is 25.7 Å². The normalized spacial score (nSPS) is 20.6. The molecule has 0 aromatic heterocycles. The summed E-state index contributed by atoms with van der Waals surface area (Å²) >= 11 is 0. The van der Waals surface area contributed by atoms with Crippen LogP contribution < -0.4 is 0 Å². The third kappa shape index (κ3) is 3.30. The Bertz CT molecular complexity index is 321. The number of hydrogen-bond acceptors (Lipinski definition) is 3. The molecule has 0 aromatic carbocycles. The Balaban J connectivity index is 2.40. The fourth-order valence-corrected chi connectivity index (χ4v) is 2.81. The van der Waals surface area contributed by atoms with Crippen molar-refractivity contribution in [1.82, 2.24) is 0 Å². The average Bonchev–Trinajstić information content (AvgIpc) is 2.52. The highest BCUT2D eigenvalue weighted by molar-refractivity contribution is 7.90. The molecule has 4 heteroatoms. The highest BCUT2D eigenvalue weighted by Gasteiger charge is 2.33. The van der Waals surface area contributed by atoms with Crippen molar-refractivity contribution in [2.24, 2.45) is 5.41 Å². The molecule has 0 aromatic rings. The van der Waals surface area contributed by atoms with E-state index in [1.807, 2.05) is 0 Å². The van der Waals surface area contributed by atoms with Crippen molar-refractivity contribution in [3.05, 3.63) is 0 Å². The first-order valence-electron chi connectivity index (χ1n) is 5.06. The van der Waals surface area contributed by atoms with Crippen molar-refractivity contribution in [3.63, 3.8) is 0 Å². The van der Waals surface area contributed by atoms with Crippen LogP contribution in [0.25, 0.3) is 0 Å². The van der Waals surface area contributed by atoms with Crippen molar-refractivity contribution in [3.8, 4) is 6.07 Å². The van der Waals surface area contributed by atoms with Crippen molar-refractivity contribution in [2.75, 3.05) is 12.0 Å². The number of hydrogen-bond donors (Lipinski definition) is 0. The molecule has 0 saturated heterocycles. The molecular weight excluding hydrogens is 198 g/mol. The van der Waals surface area contributed by atoms with Gasteiger partial charge in [0.1, 0.15) is 9.84 Å². The molecule has 0 unspecified atom stereocenters. The zero-order valence-corrected chi connectivity index (χ0v) is 9.44. The van der Waals surface area contributed by atoms with Crippen LogP contribution in [0, 0.1) is 16.7 Å². The van der Waals surface area contributed by atoms with Crippen LogP contribution in [0.4, 0.5) is 0 Å². The minimum atomic E-state index is -2.86. The van der Waals surface area contributed by atoms with Crippen LogP contribution >= 0.6 is 0 Å². The first-order valence-corrected chi connectivity index (χ1v) is 7.13. The average molecular weight is 215 g/mol. The second-order valence-corrected chi connectivity index (χ2v) is 6.59. The lowest BCUT2D eigenvalue weighted by molar-refractivity contribution is 0.372. The van der Waals surface area contributed by atoms with Gasteiger partial charge in [-0.3, -0.25) is 0 Å². The molecule has 0 amide bonds. The van der Waals surface area contributed by atoms with E-state index in [2.05, 4.69) is 6.07 Å². The van der Waals surface area contributed by atoms with Crippen molar-refractivity contribution in [1.29, 1.82) is 5.26 Å². The van der Waals surface area contributed by atoms with Gasteiger partial charge in [-0.1, -0.05) is 12.8 Å². The summed E-state index contributed by atoms with van der Waals surface area (Å²) in [5.74, 6) is 0.219. The third-order valence-corrected chi connectivity index (χ3v) is 4.00. The van der Waals surface area contributed by atoms with Gasteiger partial charge in [0.15, 0.2) is 0 Å². The van der Waals surface area contributed by atoms with E-state index in [9.17, 15) is 8.42 Å². The molecule has 3 nitrogen and oxygen atoms in total. The summed E-state index contributed by atoms with van der Waals surface area (Å²) in [7, 11) is -2.86. The van der Waals surface area contributed by atoms with Crippen LogP contribution in [-0.4, -0.2) is 20.4 Å². The molecule has 0 spiro atoms. The van der Waals surface area contributed by atoms with E-state index in [4.69, 9.17) is 5.26 Å². The van der Waals surface area contributed by atoms with Crippen LogP contribution in [0.1, 0.15) is 38.5 Å². The molecule has 1 aliphatic rings. The maximum absolute atomic E-state index is 10.9. The van der Waals surface area contributed by atoms with E-state index in [0.29, 0.717) is 6.42 Å². The molecule has 1 saturated carbocycles. The minimum Gasteiger partial charge on any atom is -0.229 e. The molecular formula is C10H17NO2S. The smallest absolute Gasteiger partial charge is 0.147 e. The second-order valence-electron chi connectivity index (χ2n) is 4.33. The summed E-state index contributed by atoms with van der Waals surface area (Å²) in [6.07, 6.45) is 6.77. The highest BCUT2D eigenvalue weighted by Crippen LogP contribution is 2.41. The van der Waals surface area contributed by atoms with E-state index >= 15 is 0 Å². The quantitative estimate of drug-likeness (QED) is 0.719. The fraction of sp³-hybridized carbons (Fsp3) is 0.900. The largest absolute Gasteiger partial charge is 0.229 e. The van der Waals surface area contributed by atoms with Gasteiger partial charge in [-0.2, -0.15) is 5.26 Å². The molecule has 1 fully saturated rings. The minimum absolute atomic E-state index is 0.204. The van der Waals surface area contributed by atoms with E-state index in [1.54, 1.807) is 0 Å². The van der Waals surface area contributed by atoms with Gasteiger partial charge in [-0.25, -0.2) is 8.42 Å². The van der Waals surface area contributed by atoms with Gasteiger partial charge in [0.2, 0.25) is 0 Å². The topological polar surface area (TPSA) is 57.9 Å². The maximum Gasteiger partial charge on any atom is 0.147 e. The Labute approximate surface area is 86.0 Å². The standard InChI is InChI=1S/C10H17NO2S/c1-14(12,13)8-4-7-10(9-11)5-2-3-6-10/h2-8H2,1H3. The lowest BCUT2D eigenvalue weighted by Gasteiger charge is -2.19. The van der Waals surface area contributed by atoms with Crippen LogP contribution in [0.3, 0.4) is 0 Å². The van der Waals surface area contributed by atoms with Gasteiger partial charge in [-0.15, -0.1) is 0 Å². The van der Waals surface area contributed by atoms with E-state index in [1.165, 1.54) is 6.26 Å².